The summed E-state index contributed by atoms with van der Waals surface area (Å²) < 4.78 is 90.9. The standard InChI is InChI=1S/C27H42F3NO8S/c1-2-3-4-5-6-7-8-9-10-22-11-12-25(24(19-22)26(32)31-40(33,34)27(28,29)30)39-21-23-20-37-16-15-35-13-14-36-17-18-38-23/h11-12,19,23H,2-10,13-18,20-21H2,1H3,(H,31,32). The summed E-state index contributed by atoms with van der Waals surface area (Å²) in [6.45, 7) is 4.32. The van der Waals surface area contributed by atoms with Crippen molar-refractivity contribution in [3.05, 3.63) is 29.3 Å². The first kappa shape index (κ1) is 34.3. The molecule has 1 atom stereocenters. The number of hydrogen-bond donors (Lipinski definition) is 1. The average Bonchev–Trinajstić information content (AvgIpc) is 2.89. The zero-order chi connectivity index (χ0) is 29.3. The number of aryl methyl sites for hydroxylation is 1. The van der Waals surface area contributed by atoms with Gasteiger partial charge in [0.2, 0.25) is 0 Å². The van der Waals surface area contributed by atoms with Crippen LogP contribution in [0.15, 0.2) is 18.2 Å². The first-order valence-corrected chi connectivity index (χ1v) is 15.4. The van der Waals surface area contributed by atoms with E-state index in [1.807, 2.05) is 0 Å². The SMILES string of the molecule is CCCCCCCCCCc1ccc(OCC2COCCOCCOCCO2)c(C(=O)NS(=O)(=O)C(F)(F)F)c1. The fraction of sp³-hybridized carbons (Fsp3) is 0.741. The van der Waals surface area contributed by atoms with E-state index in [2.05, 4.69) is 6.92 Å². The molecule has 1 heterocycles. The Labute approximate surface area is 235 Å². The molecular weight excluding hydrogens is 555 g/mol. The fourth-order valence-corrected chi connectivity index (χ4v) is 4.46. The Morgan fingerprint density at radius 3 is 2.17 bits per heavy atom. The van der Waals surface area contributed by atoms with Crippen molar-refractivity contribution in [3.63, 3.8) is 0 Å². The van der Waals surface area contributed by atoms with Crippen LogP contribution in [0.3, 0.4) is 0 Å². The number of carbonyl (C=O) groups is 1. The minimum absolute atomic E-state index is 0.0659. The molecule has 40 heavy (non-hydrogen) atoms. The van der Waals surface area contributed by atoms with Gasteiger partial charge in [0.1, 0.15) is 18.5 Å². The largest absolute Gasteiger partial charge is 0.516 e. The molecule has 1 aromatic carbocycles. The van der Waals surface area contributed by atoms with E-state index in [0.717, 1.165) is 30.4 Å². The lowest BCUT2D eigenvalue weighted by atomic mass is 10.0. The van der Waals surface area contributed by atoms with Gasteiger partial charge in [0, 0.05) is 0 Å². The molecular formula is C27H42F3NO8S. The van der Waals surface area contributed by atoms with Crippen LogP contribution < -0.4 is 9.46 Å². The number of benzene rings is 1. The Balaban J connectivity index is 2.07. The number of amides is 1. The highest BCUT2D eigenvalue weighted by Crippen LogP contribution is 2.26. The Morgan fingerprint density at radius 1 is 0.925 bits per heavy atom. The van der Waals surface area contributed by atoms with Gasteiger partial charge in [0.25, 0.3) is 5.91 Å². The van der Waals surface area contributed by atoms with Gasteiger partial charge >= 0.3 is 15.5 Å². The highest BCUT2D eigenvalue weighted by atomic mass is 32.2. The number of hydrogen-bond acceptors (Lipinski definition) is 8. The Hall–Kier alpha value is -1.93. The summed E-state index contributed by atoms with van der Waals surface area (Å²) in [4.78, 5) is 12.7. The van der Waals surface area contributed by atoms with Crippen molar-refractivity contribution < 1.29 is 50.1 Å². The number of unbranched alkanes of at least 4 members (excludes halogenated alkanes) is 7. The number of nitrogens with one attached hydrogen (secondary N) is 1. The quantitative estimate of drug-likeness (QED) is 0.306. The highest BCUT2D eigenvalue weighted by molar-refractivity contribution is 7.90. The predicted octanol–water partition coefficient (Wildman–Crippen LogP) is 4.78. The second kappa shape index (κ2) is 18.5. The van der Waals surface area contributed by atoms with E-state index in [0.29, 0.717) is 45.0 Å². The maximum atomic E-state index is 12.9. The van der Waals surface area contributed by atoms with Gasteiger partial charge in [-0.15, -0.1) is 0 Å². The van der Waals surface area contributed by atoms with Gasteiger partial charge in [0.15, 0.2) is 0 Å². The zero-order valence-electron chi connectivity index (χ0n) is 23.1. The number of alkyl halides is 3. The summed E-state index contributed by atoms with van der Waals surface area (Å²) in [5.41, 5.74) is -5.25. The van der Waals surface area contributed by atoms with Gasteiger partial charge in [-0.2, -0.15) is 21.6 Å². The molecule has 1 saturated heterocycles. The van der Waals surface area contributed by atoms with Crippen molar-refractivity contribution in [2.75, 3.05) is 52.9 Å². The number of halogens is 3. The second-order valence-electron chi connectivity index (χ2n) is 9.54. The van der Waals surface area contributed by atoms with E-state index in [9.17, 15) is 26.4 Å². The van der Waals surface area contributed by atoms with E-state index in [4.69, 9.17) is 23.7 Å². The summed E-state index contributed by atoms with van der Waals surface area (Å²) in [5, 5.41) is 0. The lowest BCUT2D eigenvalue weighted by molar-refractivity contribution is -0.0774. The smallest absolute Gasteiger partial charge is 0.490 e. The maximum Gasteiger partial charge on any atom is 0.516 e. The van der Waals surface area contributed by atoms with Crippen LogP contribution >= 0.6 is 0 Å². The molecule has 1 unspecified atom stereocenters. The molecule has 0 aliphatic carbocycles. The normalized spacial score (nSPS) is 17.9. The topological polar surface area (TPSA) is 109 Å². The number of rotatable bonds is 14. The molecule has 0 radical (unpaired) electrons. The van der Waals surface area contributed by atoms with Crippen molar-refractivity contribution >= 4 is 15.9 Å². The van der Waals surface area contributed by atoms with Gasteiger partial charge in [0.05, 0.1) is 51.8 Å². The summed E-state index contributed by atoms with van der Waals surface area (Å²) in [7, 11) is -5.89. The van der Waals surface area contributed by atoms with Crippen LogP contribution in [0, 0.1) is 0 Å². The Morgan fingerprint density at radius 2 is 1.52 bits per heavy atom. The van der Waals surface area contributed by atoms with Crippen molar-refractivity contribution in [2.45, 2.75) is 76.3 Å². The number of carbonyl (C=O) groups excluding carboxylic acids is 1. The minimum atomic E-state index is -5.89. The van der Waals surface area contributed by atoms with Gasteiger partial charge in [-0.05, 0) is 30.5 Å². The molecule has 0 bridgehead atoms. The summed E-state index contributed by atoms with van der Waals surface area (Å²) in [5.74, 6) is -1.49. The van der Waals surface area contributed by atoms with E-state index < -0.39 is 27.5 Å². The van der Waals surface area contributed by atoms with Crippen LogP contribution in [-0.4, -0.2) is 78.8 Å². The molecule has 0 aromatic heterocycles. The zero-order valence-corrected chi connectivity index (χ0v) is 24.0. The van der Waals surface area contributed by atoms with Crippen LogP contribution in [-0.2, 0) is 35.4 Å². The lowest BCUT2D eigenvalue weighted by Gasteiger charge is -2.21. The summed E-state index contributed by atoms with van der Waals surface area (Å²) in [6, 6.07) is 4.55. The van der Waals surface area contributed by atoms with Crippen molar-refractivity contribution in [1.29, 1.82) is 0 Å². The van der Waals surface area contributed by atoms with Crippen LogP contribution in [0.1, 0.15) is 74.2 Å². The third kappa shape index (κ3) is 13.2. The number of sulfonamides is 1. The molecule has 1 N–H and O–H groups in total. The maximum absolute atomic E-state index is 12.9. The first-order valence-electron chi connectivity index (χ1n) is 13.9. The highest BCUT2D eigenvalue weighted by Gasteiger charge is 2.47. The third-order valence-corrected chi connectivity index (χ3v) is 7.26. The van der Waals surface area contributed by atoms with E-state index in [-0.39, 0.29) is 31.1 Å². The summed E-state index contributed by atoms with van der Waals surface area (Å²) in [6.07, 6.45) is 8.85. The van der Waals surface area contributed by atoms with Crippen molar-refractivity contribution in [2.24, 2.45) is 0 Å². The molecule has 1 aliphatic heterocycles. The van der Waals surface area contributed by atoms with Crippen LogP contribution in [0.2, 0.25) is 0 Å². The lowest BCUT2D eigenvalue weighted by Crippen LogP contribution is -2.40. The van der Waals surface area contributed by atoms with Gasteiger partial charge in [-0.25, -0.2) is 4.72 Å². The fourth-order valence-electron chi connectivity index (χ4n) is 3.99. The average molecular weight is 598 g/mol. The minimum Gasteiger partial charge on any atom is -0.490 e. The van der Waals surface area contributed by atoms with Gasteiger partial charge in [-0.3, -0.25) is 4.79 Å². The van der Waals surface area contributed by atoms with Crippen molar-refractivity contribution in [3.8, 4) is 5.75 Å². The van der Waals surface area contributed by atoms with Gasteiger partial charge < -0.3 is 23.7 Å². The molecule has 1 aromatic rings. The number of ether oxygens (including phenoxy) is 5. The van der Waals surface area contributed by atoms with Crippen LogP contribution in [0.25, 0.3) is 0 Å². The molecule has 2 rings (SSSR count). The molecule has 1 aliphatic rings. The Bertz CT molecular complexity index is 963. The predicted molar refractivity (Wildman–Crippen MR) is 143 cm³/mol. The van der Waals surface area contributed by atoms with E-state index in [1.54, 1.807) is 6.07 Å². The van der Waals surface area contributed by atoms with Crippen molar-refractivity contribution in [1.82, 2.24) is 4.72 Å². The molecule has 0 spiro atoms. The van der Waals surface area contributed by atoms with E-state index >= 15 is 0 Å². The molecule has 0 saturated carbocycles. The van der Waals surface area contributed by atoms with Crippen LogP contribution in [0.5, 0.6) is 5.75 Å². The molecule has 1 fully saturated rings. The molecule has 9 nitrogen and oxygen atoms in total. The van der Waals surface area contributed by atoms with Crippen LogP contribution in [0.4, 0.5) is 13.2 Å². The molecule has 230 valence electrons. The second-order valence-corrected chi connectivity index (χ2v) is 11.2. The third-order valence-electron chi connectivity index (χ3n) is 6.19. The first-order chi connectivity index (χ1) is 19.1. The Kier molecular flexibility index (Phi) is 15.8. The van der Waals surface area contributed by atoms with E-state index in [1.165, 1.54) is 37.8 Å². The molecule has 13 heteroatoms. The monoisotopic (exact) mass is 597 g/mol. The molecule has 1 amide bonds. The van der Waals surface area contributed by atoms with Gasteiger partial charge in [-0.1, -0.05) is 57.9 Å². The summed E-state index contributed by atoms with van der Waals surface area (Å²) >= 11 is 0.